The molecule has 0 aromatic heterocycles. The molecule has 0 aliphatic carbocycles. The van der Waals surface area contributed by atoms with Gasteiger partial charge < -0.3 is 14.8 Å². The molecule has 0 radical (unpaired) electrons. The van der Waals surface area contributed by atoms with Gasteiger partial charge in [0.15, 0.2) is 6.29 Å². The molecule has 4 nitrogen and oxygen atoms in total. The van der Waals surface area contributed by atoms with E-state index >= 15 is 0 Å². The van der Waals surface area contributed by atoms with Gasteiger partial charge in [0.2, 0.25) is 5.91 Å². The van der Waals surface area contributed by atoms with Crippen LogP contribution in [-0.4, -0.2) is 32.5 Å². The van der Waals surface area contributed by atoms with E-state index in [9.17, 15) is 4.79 Å². The average molecular weight is 251 g/mol. The minimum absolute atomic E-state index is 0.0344. The molecule has 1 amide bonds. The van der Waals surface area contributed by atoms with Gasteiger partial charge in [0.05, 0.1) is 12.0 Å². The Labute approximate surface area is 108 Å². The summed E-state index contributed by atoms with van der Waals surface area (Å²) in [5, 5.41) is 2.89. The van der Waals surface area contributed by atoms with Gasteiger partial charge in [-0.05, 0) is 19.4 Å². The summed E-state index contributed by atoms with van der Waals surface area (Å²) in [5.41, 5.74) is 0.994. The van der Waals surface area contributed by atoms with Gasteiger partial charge in [-0.15, -0.1) is 0 Å². The zero-order valence-electron chi connectivity index (χ0n) is 11.3. The minimum Gasteiger partial charge on any atom is -0.354 e. The van der Waals surface area contributed by atoms with Crippen molar-refractivity contribution in [2.45, 2.75) is 32.1 Å². The summed E-state index contributed by atoms with van der Waals surface area (Å²) in [4.78, 5) is 12.1. The van der Waals surface area contributed by atoms with Crippen LogP contribution in [0.5, 0.6) is 0 Å². The fourth-order valence-electron chi connectivity index (χ4n) is 1.81. The van der Waals surface area contributed by atoms with Gasteiger partial charge >= 0.3 is 0 Å². The molecule has 1 aromatic rings. The third-order valence-corrected chi connectivity index (χ3v) is 2.94. The fraction of sp³-hybridized carbons (Fsp3) is 0.500. The van der Waals surface area contributed by atoms with Gasteiger partial charge in [0, 0.05) is 14.2 Å². The Morgan fingerprint density at radius 2 is 1.67 bits per heavy atom. The van der Waals surface area contributed by atoms with Gasteiger partial charge in [-0.3, -0.25) is 4.79 Å². The van der Waals surface area contributed by atoms with Crippen LogP contribution in [0.1, 0.15) is 25.3 Å². The van der Waals surface area contributed by atoms with Crippen LogP contribution in [0.15, 0.2) is 30.3 Å². The van der Waals surface area contributed by atoms with E-state index in [1.165, 1.54) is 0 Å². The molecule has 0 bridgehead atoms. The van der Waals surface area contributed by atoms with Crippen LogP contribution in [0, 0.1) is 0 Å². The van der Waals surface area contributed by atoms with Crippen molar-refractivity contribution in [2.75, 3.05) is 14.2 Å². The van der Waals surface area contributed by atoms with E-state index in [1.54, 1.807) is 14.2 Å². The summed E-state index contributed by atoms with van der Waals surface area (Å²) >= 11 is 0. The first-order chi connectivity index (χ1) is 8.60. The first kappa shape index (κ1) is 14.7. The van der Waals surface area contributed by atoms with E-state index in [4.69, 9.17) is 9.47 Å². The molecule has 100 valence electrons. The lowest BCUT2D eigenvalue weighted by Crippen LogP contribution is -2.44. The second kappa shape index (κ2) is 7.13. The summed E-state index contributed by atoms with van der Waals surface area (Å²) in [6.07, 6.45) is -0.433. The van der Waals surface area contributed by atoms with E-state index < -0.39 is 6.29 Å². The summed E-state index contributed by atoms with van der Waals surface area (Å²) in [7, 11) is 3.11. The SMILES string of the molecule is COC(OC)C(C)NC(=O)C(C)c1ccccc1. The van der Waals surface area contributed by atoms with Crippen LogP contribution < -0.4 is 5.32 Å². The molecule has 0 aliphatic heterocycles. The number of methoxy groups -OCH3 is 2. The Kier molecular flexibility index (Phi) is 5.82. The molecule has 2 unspecified atom stereocenters. The molecule has 1 aromatic carbocycles. The van der Waals surface area contributed by atoms with E-state index in [2.05, 4.69) is 5.32 Å². The molecule has 1 rings (SSSR count). The Bertz CT molecular complexity index is 363. The molecule has 2 atom stereocenters. The number of nitrogens with one attached hydrogen (secondary N) is 1. The standard InChI is InChI=1S/C14H21NO3/c1-10(12-8-6-5-7-9-12)13(16)15-11(2)14(17-3)18-4/h5-11,14H,1-4H3,(H,15,16). The van der Waals surface area contributed by atoms with Crippen molar-refractivity contribution in [1.82, 2.24) is 5.32 Å². The lowest BCUT2D eigenvalue weighted by molar-refractivity contribution is -0.136. The monoisotopic (exact) mass is 251 g/mol. The second-order valence-corrected chi connectivity index (χ2v) is 4.27. The maximum atomic E-state index is 12.1. The first-order valence-electron chi connectivity index (χ1n) is 6.01. The maximum Gasteiger partial charge on any atom is 0.227 e. The number of hydrogen-bond acceptors (Lipinski definition) is 3. The highest BCUT2D eigenvalue weighted by molar-refractivity contribution is 5.83. The number of rotatable bonds is 6. The highest BCUT2D eigenvalue weighted by Crippen LogP contribution is 2.15. The number of ether oxygens (including phenoxy) is 2. The van der Waals surface area contributed by atoms with Crippen molar-refractivity contribution < 1.29 is 14.3 Å². The lowest BCUT2D eigenvalue weighted by atomic mass is 10.0. The molecular weight excluding hydrogens is 230 g/mol. The third-order valence-electron chi connectivity index (χ3n) is 2.94. The largest absolute Gasteiger partial charge is 0.354 e. The number of amides is 1. The van der Waals surface area contributed by atoms with E-state index in [-0.39, 0.29) is 17.9 Å². The van der Waals surface area contributed by atoms with Crippen molar-refractivity contribution in [2.24, 2.45) is 0 Å². The number of carbonyl (C=O) groups excluding carboxylic acids is 1. The van der Waals surface area contributed by atoms with Crippen LogP contribution in [0.4, 0.5) is 0 Å². The Morgan fingerprint density at radius 1 is 1.11 bits per heavy atom. The maximum absolute atomic E-state index is 12.1. The number of carbonyl (C=O) groups is 1. The Hall–Kier alpha value is -1.39. The average Bonchev–Trinajstić information content (AvgIpc) is 2.40. The van der Waals surface area contributed by atoms with Crippen LogP contribution >= 0.6 is 0 Å². The molecule has 0 saturated carbocycles. The molecule has 18 heavy (non-hydrogen) atoms. The normalized spacial score (nSPS) is 14.3. The molecular formula is C14H21NO3. The summed E-state index contributed by atoms with van der Waals surface area (Å²) in [6.45, 7) is 3.74. The zero-order chi connectivity index (χ0) is 13.5. The predicted molar refractivity (Wildman–Crippen MR) is 70.3 cm³/mol. The predicted octanol–water partition coefficient (Wildman–Crippen LogP) is 1.91. The number of hydrogen-bond donors (Lipinski definition) is 1. The van der Waals surface area contributed by atoms with Gasteiger partial charge in [-0.2, -0.15) is 0 Å². The third kappa shape index (κ3) is 3.82. The quantitative estimate of drug-likeness (QED) is 0.786. The van der Waals surface area contributed by atoms with Crippen LogP contribution in [0.3, 0.4) is 0 Å². The molecule has 4 heteroatoms. The Balaban J connectivity index is 2.60. The fourth-order valence-corrected chi connectivity index (χ4v) is 1.81. The molecule has 0 spiro atoms. The summed E-state index contributed by atoms with van der Waals surface area (Å²) in [6, 6.07) is 9.48. The number of benzene rings is 1. The minimum atomic E-state index is -0.433. The van der Waals surface area contributed by atoms with Crippen molar-refractivity contribution in [1.29, 1.82) is 0 Å². The molecule has 0 fully saturated rings. The van der Waals surface area contributed by atoms with E-state index in [0.29, 0.717) is 0 Å². The molecule has 1 N–H and O–H groups in total. The highest BCUT2D eigenvalue weighted by atomic mass is 16.7. The molecule has 0 heterocycles. The highest BCUT2D eigenvalue weighted by Gasteiger charge is 2.21. The van der Waals surface area contributed by atoms with Crippen LogP contribution in [-0.2, 0) is 14.3 Å². The second-order valence-electron chi connectivity index (χ2n) is 4.27. The molecule has 0 saturated heterocycles. The summed E-state index contributed by atoms with van der Waals surface area (Å²) in [5.74, 6) is -0.226. The van der Waals surface area contributed by atoms with Crippen LogP contribution in [0.2, 0.25) is 0 Å². The van der Waals surface area contributed by atoms with Crippen LogP contribution in [0.25, 0.3) is 0 Å². The zero-order valence-corrected chi connectivity index (χ0v) is 11.3. The van der Waals surface area contributed by atoms with Crippen molar-refractivity contribution in [3.05, 3.63) is 35.9 Å². The van der Waals surface area contributed by atoms with Crippen molar-refractivity contribution in [3.8, 4) is 0 Å². The Morgan fingerprint density at radius 3 is 2.17 bits per heavy atom. The van der Waals surface area contributed by atoms with E-state index in [1.807, 2.05) is 44.2 Å². The first-order valence-corrected chi connectivity index (χ1v) is 6.01. The smallest absolute Gasteiger partial charge is 0.227 e. The topological polar surface area (TPSA) is 47.6 Å². The van der Waals surface area contributed by atoms with Gasteiger partial charge in [0.1, 0.15) is 0 Å². The van der Waals surface area contributed by atoms with Gasteiger partial charge in [-0.1, -0.05) is 30.3 Å². The lowest BCUT2D eigenvalue weighted by Gasteiger charge is -2.23. The molecule has 0 aliphatic rings. The summed E-state index contributed by atoms with van der Waals surface area (Å²) < 4.78 is 10.2. The van der Waals surface area contributed by atoms with Crippen molar-refractivity contribution in [3.63, 3.8) is 0 Å². The van der Waals surface area contributed by atoms with Gasteiger partial charge in [0.25, 0.3) is 0 Å². The van der Waals surface area contributed by atoms with Gasteiger partial charge in [-0.25, -0.2) is 0 Å². The van der Waals surface area contributed by atoms with Crippen molar-refractivity contribution >= 4 is 5.91 Å². The van der Waals surface area contributed by atoms with E-state index in [0.717, 1.165) is 5.56 Å².